The standard InChI is InChI=1S/C22H24N6O4/c1-27-12-19(16-3-2-4-18(24-14-30)17(16)13-29)26-21(22(27)31)25-15-5-6-23-20(11-15)28-7-9-32-10-8-28/h2-6,11-12,14,29H,7-10,13H2,1H3,(H,24,30)(H,23,25,26). The number of aliphatic hydroxyl groups is 1. The van der Waals surface area contributed by atoms with Crippen LogP contribution in [0.15, 0.2) is 47.5 Å². The molecule has 1 aromatic carbocycles. The zero-order valence-electron chi connectivity index (χ0n) is 17.6. The Morgan fingerprint density at radius 2 is 2.06 bits per heavy atom. The van der Waals surface area contributed by atoms with Crippen LogP contribution in [0.2, 0.25) is 0 Å². The highest BCUT2D eigenvalue weighted by Gasteiger charge is 2.16. The van der Waals surface area contributed by atoms with Crippen LogP contribution in [-0.2, 0) is 23.2 Å². The second-order valence-corrected chi connectivity index (χ2v) is 7.27. The molecule has 1 aliphatic rings. The highest BCUT2D eigenvalue weighted by atomic mass is 16.5. The summed E-state index contributed by atoms with van der Waals surface area (Å²) in [6.07, 6.45) is 3.83. The molecule has 3 heterocycles. The van der Waals surface area contributed by atoms with Gasteiger partial charge in [-0.05, 0) is 12.1 Å². The van der Waals surface area contributed by atoms with Gasteiger partial charge in [-0.2, -0.15) is 0 Å². The fourth-order valence-electron chi connectivity index (χ4n) is 3.61. The van der Waals surface area contributed by atoms with Gasteiger partial charge in [0, 0.05) is 61.1 Å². The number of hydrogen-bond acceptors (Lipinski definition) is 8. The summed E-state index contributed by atoms with van der Waals surface area (Å²) < 4.78 is 6.82. The first-order chi connectivity index (χ1) is 15.6. The van der Waals surface area contributed by atoms with Crippen molar-refractivity contribution in [1.82, 2.24) is 14.5 Å². The van der Waals surface area contributed by atoms with Gasteiger partial charge in [-0.25, -0.2) is 9.97 Å². The Hall–Kier alpha value is -3.76. The Balaban J connectivity index is 1.70. The van der Waals surface area contributed by atoms with Gasteiger partial charge >= 0.3 is 0 Å². The summed E-state index contributed by atoms with van der Waals surface area (Å²) in [7, 11) is 1.64. The first-order valence-corrected chi connectivity index (χ1v) is 10.2. The molecule has 0 spiro atoms. The molecule has 10 nitrogen and oxygen atoms in total. The topological polar surface area (TPSA) is 122 Å². The van der Waals surface area contributed by atoms with E-state index in [0.717, 1.165) is 18.9 Å². The summed E-state index contributed by atoms with van der Waals surface area (Å²) in [6.45, 7) is 2.50. The van der Waals surface area contributed by atoms with Crippen molar-refractivity contribution in [2.45, 2.75) is 6.61 Å². The lowest BCUT2D eigenvalue weighted by Crippen LogP contribution is -2.36. The molecule has 1 fully saturated rings. The summed E-state index contributed by atoms with van der Waals surface area (Å²) in [5.41, 5.74) is 2.47. The molecular formula is C22H24N6O4. The monoisotopic (exact) mass is 436 g/mol. The van der Waals surface area contributed by atoms with Gasteiger partial charge in [0.1, 0.15) is 5.82 Å². The molecule has 0 saturated carbocycles. The Morgan fingerprint density at radius 3 is 2.81 bits per heavy atom. The molecular weight excluding hydrogens is 412 g/mol. The van der Waals surface area contributed by atoms with Crippen molar-refractivity contribution >= 4 is 29.4 Å². The molecule has 32 heavy (non-hydrogen) atoms. The third kappa shape index (κ3) is 4.46. The maximum atomic E-state index is 12.8. The molecule has 0 unspecified atom stereocenters. The van der Waals surface area contributed by atoms with Crippen molar-refractivity contribution in [3.8, 4) is 11.3 Å². The molecule has 1 aliphatic heterocycles. The minimum absolute atomic E-state index is 0.141. The predicted octanol–water partition coefficient (Wildman–Crippen LogP) is 1.48. The highest BCUT2D eigenvalue weighted by molar-refractivity contribution is 5.79. The zero-order chi connectivity index (χ0) is 22.5. The number of nitrogens with zero attached hydrogens (tertiary/aromatic N) is 4. The lowest BCUT2D eigenvalue weighted by molar-refractivity contribution is -0.105. The molecule has 3 N–H and O–H groups in total. The molecule has 0 bridgehead atoms. The normalized spacial score (nSPS) is 13.6. The van der Waals surface area contributed by atoms with E-state index in [1.54, 1.807) is 43.7 Å². The van der Waals surface area contributed by atoms with Crippen molar-refractivity contribution in [2.75, 3.05) is 41.8 Å². The van der Waals surface area contributed by atoms with Gasteiger partial charge < -0.3 is 29.9 Å². The van der Waals surface area contributed by atoms with E-state index in [9.17, 15) is 14.7 Å². The van der Waals surface area contributed by atoms with E-state index in [2.05, 4.69) is 25.5 Å². The minimum Gasteiger partial charge on any atom is -0.392 e. The zero-order valence-corrected chi connectivity index (χ0v) is 17.6. The van der Waals surface area contributed by atoms with Gasteiger partial charge in [0.15, 0.2) is 5.82 Å². The fourth-order valence-corrected chi connectivity index (χ4v) is 3.61. The number of hydrogen-bond donors (Lipinski definition) is 3. The molecule has 1 amide bonds. The Labute approximate surface area is 184 Å². The summed E-state index contributed by atoms with van der Waals surface area (Å²) in [5, 5.41) is 15.6. The summed E-state index contributed by atoms with van der Waals surface area (Å²) in [6, 6.07) is 8.85. The number of pyridine rings is 1. The van der Waals surface area contributed by atoms with Gasteiger partial charge in [0.2, 0.25) is 6.41 Å². The number of ether oxygens (including phenoxy) is 1. The summed E-state index contributed by atoms with van der Waals surface area (Å²) >= 11 is 0. The van der Waals surface area contributed by atoms with E-state index in [1.165, 1.54) is 4.57 Å². The number of aromatic nitrogens is 3. The van der Waals surface area contributed by atoms with E-state index < -0.39 is 0 Å². The minimum atomic E-state index is -0.300. The predicted molar refractivity (Wildman–Crippen MR) is 121 cm³/mol. The van der Waals surface area contributed by atoms with Crippen LogP contribution in [-0.4, -0.2) is 52.4 Å². The number of nitrogens with one attached hydrogen (secondary N) is 2. The number of amides is 1. The van der Waals surface area contributed by atoms with Crippen LogP contribution >= 0.6 is 0 Å². The average molecular weight is 436 g/mol. The van der Waals surface area contributed by atoms with E-state index in [4.69, 9.17) is 4.74 Å². The van der Waals surface area contributed by atoms with Crippen molar-refractivity contribution in [3.63, 3.8) is 0 Å². The van der Waals surface area contributed by atoms with Crippen LogP contribution < -0.4 is 21.1 Å². The second kappa shape index (κ2) is 9.58. The Morgan fingerprint density at radius 1 is 1.25 bits per heavy atom. The first kappa shape index (κ1) is 21.5. The van der Waals surface area contributed by atoms with E-state index >= 15 is 0 Å². The molecule has 0 atom stereocenters. The maximum Gasteiger partial charge on any atom is 0.293 e. The van der Waals surface area contributed by atoms with Crippen LogP contribution in [0, 0.1) is 0 Å². The molecule has 3 aromatic rings. The van der Waals surface area contributed by atoms with Crippen molar-refractivity contribution < 1.29 is 14.6 Å². The van der Waals surface area contributed by atoms with Crippen LogP contribution in [0.5, 0.6) is 0 Å². The van der Waals surface area contributed by atoms with E-state index in [-0.39, 0.29) is 18.0 Å². The number of benzene rings is 1. The molecule has 1 saturated heterocycles. The van der Waals surface area contributed by atoms with Gasteiger partial charge in [0.25, 0.3) is 5.56 Å². The number of morpholine rings is 1. The summed E-state index contributed by atoms with van der Waals surface area (Å²) in [4.78, 5) is 34.7. The van der Waals surface area contributed by atoms with Crippen LogP contribution in [0.1, 0.15) is 5.56 Å². The Kier molecular flexibility index (Phi) is 6.43. The number of aliphatic hydroxyl groups excluding tert-OH is 1. The third-order valence-electron chi connectivity index (χ3n) is 5.24. The average Bonchev–Trinajstić information content (AvgIpc) is 2.82. The number of rotatable bonds is 7. The van der Waals surface area contributed by atoms with Gasteiger partial charge in [-0.1, -0.05) is 12.1 Å². The molecule has 4 rings (SSSR count). The van der Waals surface area contributed by atoms with Crippen molar-refractivity contribution in [3.05, 3.63) is 58.6 Å². The fraction of sp³-hybridized carbons (Fsp3) is 0.273. The maximum absolute atomic E-state index is 12.8. The molecule has 0 radical (unpaired) electrons. The van der Waals surface area contributed by atoms with Crippen LogP contribution in [0.3, 0.4) is 0 Å². The van der Waals surface area contributed by atoms with Crippen molar-refractivity contribution in [2.24, 2.45) is 7.05 Å². The highest BCUT2D eigenvalue weighted by Crippen LogP contribution is 2.28. The molecule has 10 heteroatoms. The lowest BCUT2D eigenvalue weighted by atomic mass is 10.0. The van der Waals surface area contributed by atoms with Crippen LogP contribution in [0.4, 0.5) is 23.0 Å². The van der Waals surface area contributed by atoms with Gasteiger partial charge in [-0.3, -0.25) is 9.59 Å². The number of carbonyl (C=O) groups excluding carboxylic acids is 1. The molecule has 2 aromatic heterocycles. The molecule has 166 valence electrons. The molecule has 0 aliphatic carbocycles. The number of carbonyl (C=O) groups is 1. The third-order valence-corrected chi connectivity index (χ3v) is 5.24. The quantitative estimate of drug-likeness (QED) is 0.476. The Bertz CT molecular complexity index is 1170. The number of aryl methyl sites for hydroxylation is 1. The lowest BCUT2D eigenvalue weighted by Gasteiger charge is -2.28. The second-order valence-electron chi connectivity index (χ2n) is 7.27. The van der Waals surface area contributed by atoms with E-state index in [0.29, 0.717) is 47.8 Å². The van der Waals surface area contributed by atoms with E-state index in [1.807, 2.05) is 6.07 Å². The smallest absolute Gasteiger partial charge is 0.293 e. The summed E-state index contributed by atoms with van der Waals surface area (Å²) in [5.74, 6) is 0.934. The number of anilines is 4. The first-order valence-electron chi connectivity index (χ1n) is 10.2. The van der Waals surface area contributed by atoms with Gasteiger partial charge in [0.05, 0.1) is 25.5 Å². The van der Waals surface area contributed by atoms with Crippen LogP contribution in [0.25, 0.3) is 11.3 Å². The van der Waals surface area contributed by atoms with Gasteiger partial charge in [-0.15, -0.1) is 0 Å². The van der Waals surface area contributed by atoms with Crippen molar-refractivity contribution in [1.29, 1.82) is 0 Å². The largest absolute Gasteiger partial charge is 0.392 e. The SMILES string of the molecule is Cn1cc(-c2cccc(NC=O)c2CO)nc(Nc2ccnc(N3CCOCC3)c2)c1=O.